The second-order valence-corrected chi connectivity index (χ2v) is 5.38. The van der Waals surface area contributed by atoms with Crippen molar-refractivity contribution in [2.24, 2.45) is 4.99 Å². The van der Waals surface area contributed by atoms with Crippen LogP contribution in [0.15, 0.2) is 40.0 Å². The monoisotopic (exact) mass is 319 g/mol. The molecule has 0 bridgehead atoms. The molecule has 0 atom stereocenters. The van der Waals surface area contributed by atoms with Crippen LogP contribution in [0.4, 0.5) is 0 Å². The Morgan fingerprint density at radius 1 is 1.05 bits per heavy atom. The first-order chi connectivity index (χ1) is 10.8. The molecule has 2 N–H and O–H groups in total. The molecule has 0 aliphatic carbocycles. The zero-order valence-electron chi connectivity index (χ0n) is 13.1. The molecule has 0 saturated heterocycles. The van der Waals surface area contributed by atoms with E-state index in [0.717, 1.165) is 29.6 Å². The number of hydrogen-bond acceptors (Lipinski definition) is 4. The van der Waals surface area contributed by atoms with Crippen molar-refractivity contribution in [1.82, 2.24) is 10.6 Å². The Labute approximate surface area is 135 Å². The highest BCUT2D eigenvalue weighted by Gasteiger charge is 2.05. The van der Waals surface area contributed by atoms with E-state index in [1.165, 1.54) is 5.56 Å². The molecule has 0 fully saturated rings. The highest BCUT2D eigenvalue weighted by Crippen LogP contribution is 2.27. The van der Waals surface area contributed by atoms with E-state index in [1.54, 1.807) is 32.6 Å². The van der Waals surface area contributed by atoms with Crippen LogP contribution in [0.2, 0.25) is 0 Å². The number of nitrogens with zero attached hydrogens (tertiary/aromatic N) is 1. The molecule has 0 unspecified atom stereocenters. The average Bonchev–Trinajstić information content (AvgIpc) is 3.08. The minimum Gasteiger partial charge on any atom is -0.493 e. The Balaban J connectivity index is 1.90. The SMILES string of the molecule is CN=C(NCc1ccsc1)NCc1ccc(OC)c(OC)c1. The summed E-state index contributed by atoms with van der Waals surface area (Å²) in [5.74, 6) is 2.22. The number of methoxy groups -OCH3 is 2. The number of hydrogen-bond donors (Lipinski definition) is 2. The predicted molar refractivity (Wildman–Crippen MR) is 90.9 cm³/mol. The van der Waals surface area contributed by atoms with E-state index in [4.69, 9.17) is 9.47 Å². The topological polar surface area (TPSA) is 54.9 Å². The summed E-state index contributed by atoms with van der Waals surface area (Å²) in [6.07, 6.45) is 0. The zero-order valence-corrected chi connectivity index (χ0v) is 13.9. The summed E-state index contributed by atoms with van der Waals surface area (Å²) in [4.78, 5) is 4.22. The fraction of sp³-hybridized carbons (Fsp3) is 0.312. The van der Waals surface area contributed by atoms with Gasteiger partial charge in [-0.2, -0.15) is 11.3 Å². The summed E-state index contributed by atoms with van der Waals surface area (Å²) in [6.45, 7) is 1.42. The molecule has 0 saturated carbocycles. The lowest BCUT2D eigenvalue weighted by molar-refractivity contribution is 0.354. The third kappa shape index (κ3) is 4.39. The maximum absolute atomic E-state index is 5.31. The summed E-state index contributed by atoms with van der Waals surface area (Å²) in [5.41, 5.74) is 2.34. The van der Waals surface area contributed by atoms with E-state index in [2.05, 4.69) is 32.5 Å². The molecule has 6 heteroatoms. The summed E-state index contributed by atoms with van der Waals surface area (Å²) in [5, 5.41) is 10.8. The Morgan fingerprint density at radius 2 is 1.77 bits per heavy atom. The molecule has 0 aliphatic heterocycles. The van der Waals surface area contributed by atoms with Crippen LogP contribution in [0.1, 0.15) is 11.1 Å². The number of guanidine groups is 1. The number of nitrogens with one attached hydrogen (secondary N) is 2. The van der Waals surface area contributed by atoms with Gasteiger partial charge in [0.05, 0.1) is 14.2 Å². The molecule has 0 aliphatic rings. The van der Waals surface area contributed by atoms with Crippen molar-refractivity contribution in [3.8, 4) is 11.5 Å². The Bertz CT molecular complexity index is 612. The Morgan fingerprint density at radius 3 is 2.36 bits per heavy atom. The van der Waals surface area contributed by atoms with Gasteiger partial charge in [0.1, 0.15) is 0 Å². The number of thiophene rings is 1. The fourth-order valence-corrected chi connectivity index (χ4v) is 2.64. The molecular formula is C16H21N3O2S. The van der Waals surface area contributed by atoms with Gasteiger partial charge in [0.15, 0.2) is 17.5 Å². The molecular weight excluding hydrogens is 298 g/mol. The van der Waals surface area contributed by atoms with Crippen molar-refractivity contribution in [3.05, 3.63) is 46.2 Å². The molecule has 1 aromatic heterocycles. The molecule has 5 nitrogen and oxygen atoms in total. The Hall–Kier alpha value is -2.21. The standard InChI is InChI=1S/C16H21N3O2S/c1-17-16(19-10-13-6-7-22-11-13)18-9-12-4-5-14(20-2)15(8-12)21-3/h4-8,11H,9-10H2,1-3H3,(H2,17,18,19). The molecule has 1 heterocycles. The first kappa shape index (κ1) is 16.2. The molecule has 2 aromatic rings. The van der Waals surface area contributed by atoms with Gasteiger partial charge in [-0.05, 0) is 40.1 Å². The van der Waals surface area contributed by atoms with Gasteiger partial charge in [0.25, 0.3) is 0 Å². The third-order valence-electron chi connectivity index (χ3n) is 3.17. The van der Waals surface area contributed by atoms with Crippen LogP contribution >= 0.6 is 11.3 Å². The van der Waals surface area contributed by atoms with Crippen molar-refractivity contribution in [2.75, 3.05) is 21.3 Å². The minimum atomic E-state index is 0.656. The normalized spacial score (nSPS) is 11.1. The first-order valence-electron chi connectivity index (χ1n) is 6.93. The fourth-order valence-electron chi connectivity index (χ4n) is 1.98. The van der Waals surface area contributed by atoms with E-state index < -0.39 is 0 Å². The lowest BCUT2D eigenvalue weighted by Gasteiger charge is -2.13. The quantitative estimate of drug-likeness (QED) is 0.635. The smallest absolute Gasteiger partial charge is 0.191 e. The van der Waals surface area contributed by atoms with Gasteiger partial charge in [-0.1, -0.05) is 6.07 Å². The van der Waals surface area contributed by atoms with Crippen molar-refractivity contribution < 1.29 is 9.47 Å². The highest BCUT2D eigenvalue weighted by atomic mass is 32.1. The van der Waals surface area contributed by atoms with Gasteiger partial charge in [0, 0.05) is 20.1 Å². The van der Waals surface area contributed by atoms with Crippen molar-refractivity contribution in [3.63, 3.8) is 0 Å². The molecule has 0 radical (unpaired) electrons. The van der Waals surface area contributed by atoms with Crippen molar-refractivity contribution in [2.45, 2.75) is 13.1 Å². The number of benzene rings is 1. The summed E-state index contributed by atoms with van der Waals surface area (Å²) in [7, 11) is 5.03. The maximum Gasteiger partial charge on any atom is 0.191 e. The molecule has 0 amide bonds. The number of ether oxygens (including phenoxy) is 2. The minimum absolute atomic E-state index is 0.656. The average molecular weight is 319 g/mol. The Kier molecular flexibility index (Phi) is 6.09. The highest BCUT2D eigenvalue weighted by molar-refractivity contribution is 7.07. The van der Waals surface area contributed by atoms with E-state index in [0.29, 0.717) is 6.54 Å². The number of aliphatic imine (C=N–C) groups is 1. The molecule has 0 spiro atoms. The second kappa shape index (κ2) is 8.29. The van der Waals surface area contributed by atoms with Gasteiger partial charge >= 0.3 is 0 Å². The maximum atomic E-state index is 5.31. The van der Waals surface area contributed by atoms with Crippen LogP contribution in [0.3, 0.4) is 0 Å². The summed E-state index contributed by atoms with van der Waals surface area (Å²) < 4.78 is 10.5. The summed E-state index contributed by atoms with van der Waals surface area (Å²) >= 11 is 1.69. The van der Waals surface area contributed by atoms with E-state index in [1.807, 2.05) is 18.2 Å². The van der Waals surface area contributed by atoms with Gasteiger partial charge in [-0.3, -0.25) is 4.99 Å². The van der Waals surface area contributed by atoms with Crippen LogP contribution < -0.4 is 20.1 Å². The number of rotatable bonds is 6. The lowest BCUT2D eigenvalue weighted by atomic mass is 10.2. The zero-order chi connectivity index (χ0) is 15.8. The van der Waals surface area contributed by atoms with Crippen LogP contribution in [0.25, 0.3) is 0 Å². The third-order valence-corrected chi connectivity index (χ3v) is 3.90. The van der Waals surface area contributed by atoms with E-state index in [9.17, 15) is 0 Å². The van der Waals surface area contributed by atoms with E-state index in [-0.39, 0.29) is 0 Å². The van der Waals surface area contributed by atoms with Crippen LogP contribution in [0.5, 0.6) is 11.5 Å². The van der Waals surface area contributed by atoms with Crippen LogP contribution in [-0.4, -0.2) is 27.2 Å². The van der Waals surface area contributed by atoms with Gasteiger partial charge < -0.3 is 20.1 Å². The first-order valence-corrected chi connectivity index (χ1v) is 7.87. The second-order valence-electron chi connectivity index (χ2n) is 4.60. The molecule has 2 rings (SSSR count). The lowest BCUT2D eigenvalue weighted by Crippen LogP contribution is -2.36. The van der Waals surface area contributed by atoms with E-state index >= 15 is 0 Å². The van der Waals surface area contributed by atoms with Gasteiger partial charge in [-0.15, -0.1) is 0 Å². The summed E-state index contributed by atoms with van der Waals surface area (Å²) in [6, 6.07) is 7.95. The van der Waals surface area contributed by atoms with Crippen LogP contribution in [-0.2, 0) is 13.1 Å². The molecule has 118 valence electrons. The van der Waals surface area contributed by atoms with Crippen molar-refractivity contribution in [1.29, 1.82) is 0 Å². The van der Waals surface area contributed by atoms with Gasteiger partial charge in [0.2, 0.25) is 0 Å². The molecule has 1 aromatic carbocycles. The molecule has 22 heavy (non-hydrogen) atoms. The largest absolute Gasteiger partial charge is 0.493 e. The van der Waals surface area contributed by atoms with Crippen LogP contribution in [0, 0.1) is 0 Å². The predicted octanol–water partition coefficient (Wildman–Crippen LogP) is 2.63. The van der Waals surface area contributed by atoms with Gasteiger partial charge in [-0.25, -0.2) is 0 Å². The van der Waals surface area contributed by atoms with Crippen molar-refractivity contribution >= 4 is 17.3 Å².